The van der Waals surface area contributed by atoms with Crippen molar-refractivity contribution in [3.8, 4) is 11.5 Å². The Morgan fingerprint density at radius 3 is 2.85 bits per heavy atom. The highest BCUT2D eigenvalue weighted by Gasteiger charge is 2.15. The molecular weight excluding hydrogens is 344 g/mol. The second-order valence-electron chi connectivity index (χ2n) is 3.95. The molecule has 0 spiro atoms. The van der Waals surface area contributed by atoms with Crippen LogP contribution >= 0.6 is 27.5 Å². The fraction of sp³-hybridized carbons (Fsp3) is 0.308. The number of methoxy groups -OCH3 is 1. The molecule has 0 amide bonds. The van der Waals surface area contributed by atoms with Crippen molar-refractivity contribution in [3.05, 3.63) is 33.5 Å². The van der Waals surface area contributed by atoms with Crippen molar-refractivity contribution in [2.24, 2.45) is 0 Å². The second kappa shape index (κ2) is 6.97. The van der Waals surface area contributed by atoms with E-state index in [0.717, 1.165) is 16.7 Å². The van der Waals surface area contributed by atoms with Gasteiger partial charge in [0.15, 0.2) is 5.82 Å². The predicted octanol–water partition coefficient (Wildman–Crippen LogP) is 3.53. The molecule has 20 heavy (non-hydrogen) atoms. The van der Waals surface area contributed by atoms with Crippen LogP contribution in [0.15, 0.2) is 22.8 Å². The van der Waals surface area contributed by atoms with E-state index in [9.17, 15) is 0 Å². The number of nitrogens with one attached hydrogen (secondary N) is 1. The molecule has 2 heterocycles. The van der Waals surface area contributed by atoms with Crippen molar-refractivity contribution >= 4 is 33.3 Å². The number of hydrogen-bond donors (Lipinski definition) is 1. The van der Waals surface area contributed by atoms with Crippen LogP contribution in [0.25, 0.3) is 11.5 Å². The smallest absolute Gasteiger partial charge is 0.182 e. The van der Waals surface area contributed by atoms with Crippen LogP contribution in [-0.2, 0) is 11.3 Å². The van der Waals surface area contributed by atoms with Crippen molar-refractivity contribution in [2.75, 3.05) is 19.0 Å². The fourth-order valence-corrected chi connectivity index (χ4v) is 2.30. The van der Waals surface area contributed by atoms with Crippen molar-refractivity contribution < 1.29 is 4.74 Å². The summed E-state index contributed by atoms with van der Waals surface area (Å²) in [6.07, 6.45) is 1.66. The van der Waals surface area contributed by atoms with Crippen LogP contribution < -0.4 is 5.32 Å². The zero-order valence-corrected chi connectivity index (χ0v) is 13.5. The van der Waals surface area contributed by atoms with E-state index >= 15 is 0 Å². The summed E-state index contributed by atoms with van der Waals surface area (Å²) in [6, 6.07) is 3.53. The van der Waals surface area contributed by atoms with E-state index in [1.165, 1.54) is 0 Å². The normalized spacial score (nSPS) is 10.6. The van der Waals surface area contributed by atoms with E-state index in [1.807, 2.05) is 6.92 Å². The molecule has 0 unspecified atom stereocenters. The molecule has 0 aliphatic rings. The van der Waals surface area contributed by atoms with E-state index in [4.69, 9.17) is 16.3 Å². The fourth-order valence-electron chi connectivity index (χ4n) is 1.67. The maximum atomic E-state index is 6.15. The Hall–Kier alpha value is -1.24. The predicted molar refractivity (Wildman–Crippen MR) is 82.8 cm³/mol. The van der Waals surface area contributed by atoms with Gasteiger partial charge in [-0.2, -0.15) is 0 Å². The highest BCUT2D eigenvalue weighted by atomic mass is 79.9. The highest BCUT2D eigenvalue weighted by molar-refractivity contribution is 9.10. The Labute approximate surface area is 130 Å². The maximum Gasteiger partial charge on any atom is 0.182 e. The molecule has 0 atom stereocenters. The van der Waals surface area contributed by atoms with Gasteiger partial charge in [0.05, 0.1) is 21.8 Å². The topological polar surface area (TPSA) is 59.9 Å². The van der Waals surface area contributed by atoms with Gasteiger partial charge < -0.3 is 10.1 Å². The lowest BCUT2D eigenvalue weighted by molar-refractivity contribution is 0.181. The molecule has 106 valence electrons. The molecule has 1 N–H and O–H groups in total. The van der Waals surface area contributed by atoms with E-state index in [2.05, 4.69) is 36.2 Å². The number of hydrogen-bond acceptors (Lipinski definition) is 5. The lowest BCUT2D eigenvalue weighted by Gasteiger charge is -2.12. The summed E-state index contributed by atoms with van der Waals surface area (Å²) in [5.41, 5.74) is 1.30. The maximum absolute atomic E-state index is 6.15. The first-order valence-electron chi connectivity index (χ1n) is 6.07. The molecule has 0 saturated heterocycles. The average Bonchev–Trinajstić information content (AvgIpc) is 2.44. The average molecular weight is 358 g/mol. The molecule has 0 fully saturated rings. The minimum absolute atomic E-state index is 0.374. The lowest BCUT2D eigenvalue weighted by atomic mass is 10.3. The summed E-state index contributed by atoms with van der Waals surface area (Å²) in [5.74, 6) is 1.17. The number of pyridine rings is 1. The molecule has 0 aromatic carbocycles. The third-order valence-electron chi connectivity index (χ3n) is 2.52. The van der Waals surface area contributed by atoms with E-state index in [0.29, 0.717) is 29.0 Å². The molecule has 2 rings (SSSR count). The quantitative estimate of drug-likeness (QED) is 0.887. The SMILES string of the molecule is CCNc1nc(-c2ncccc2Cl)nc(COC)c1Br. The summed E-state index contributed by atoms with van der Waals surface area (Å²) in [5, 5.41) is 3.69. The van der Waals surface area contributed by atoms with Gasteiger partial charge in [0.25, 0.3) is 0 Å². The van der Waals surface area contributed by atoms with E-state index in [1.54, 1.807) is 25.4 Å². The molecule has 5 nitrogen and oxygen atoms in total. The molecule has 7 heteroatoms. The monoisotopic (exact) mass is 356 g/mol. The molecule has 0 saturated carbocycles. The van der Waals surface area contributed by atoms with Gasteiger partial charge in [-0.05, 0) is 35.0 Å². The third-order valence-corrected chi connectivity index (χ3v) is 3.65. The summed E-state index contributed by atoms with van der Waals surface area (Å²) in [4.78, 5) is 13.2. The number of rotatable bonds is 5. The molecular formula is C13H14BrClN4O. The Morgan fingerprint density at radius 1 is 1.40 bits per heavy atom. The number of halogens is 2. The Morgan fingerprint density at radius 2 is 2.20 bits per heavy atom. The largest absolute Gasteiger partial charge is 0.378 e. The van der Waals surface area contributed by atoms with Gasteiger partial charge in [-0.3, -0.25) is 4.98 Å². The van der Waals surface area contributed by atoms with Crippen LogP contribution in [0.5, 0.6) is 0 Å². The van der Waals surface area contributed by atoms with Crippen LogP contribution in [0.4, 0.5) is 5.82 Å². The van der Waals surface area contributed by atoms with Crippen LogP contribution in [0.2, 0.25) is 5.02 Å². The van der Waals surface area contributed by atoms with E-state index < -0.39 is 0 Å². The van der Waals surface area contributed by atoms with Crippen LogP contribution in [0, 0.1) is 0 Å². The van der Waals surface area contributed by atoms with Gasteiger partial charge in [-0.1, -0.05) is 11.6 Å². The van der Waals surface area contributed by atoms with Gasteiger partial charge in [0, 0.05) is 19.9 Å². The van der Waals surface area contributed by atoms with Crippen molar-refractivity contribution in [3.63, 3.8) is 0 Å². The minimum Gasteiger partial charge on any atom is -0.378 e. The van der Waals surface area contributed by atoms with Crippen LogP contribution in [0.3, 0.4) is 0 Å². The van der Waals surface area contributed by atoms with Crippen molar-refractivity contribution in [1.29, 1.82) is 0 Å². The van der Waals surface area contributed by atoms with Gasteiger partial charge in [0.2, 0.25) is 0 Å². The zero-order valence-electron chi connectivity index (χ0n) is 11.2. The Kier molecular flexibility index (Phi) is 5.28. The Balaban J connectivity index is 2.56. The van der Waals surface area contributed by atoms with Crippen LogP contribution in [-0.4, -0.2) is 28.6 Å². The molecule has 0 bridgehead atoms. The summed E-state index contributed by atoms with van der Waals surface area (Å²) in [7, 11) is 1.62. The second-order valence-corrected chi connectivity index (χ2v) is 5.15. The van der Waals surface area contributed by atoms with Gasteiger partial charge in [-0.15, -0.1) is 0 Å². The van der Waals surface area contributed by atoms with Crippen molar-refractivity contribution in [1.82, 2.24) is 15.0 Å². The van der Waals surface area contributed by atoms with Crippen LogP contribution in [0.1, 0.15) is 12.6 Å². The molecule has 0 aliphatic heterocycles. The minimum atomic E-state index is 0.374. The first-order chi connectivity index (χ1) is 9.67. The van der Waals surface area contributed by atoms with E-state index in [-0.39, 0.29) is 0 Å². The summed E-state index contributed by atoms with van der Waals surface area (Å²) >= 11 is 9.64. The number of anilines is 1. The lowest BCUT2D eigenvalue weighted by Crippen LogP contribution is -2.07. The Bertz CT molecular complexity index is 582. The number of ether oxygens (including phenoxy) is 1. The zero-order chi connectivity index (χ0) is 14.5. The highest BCUT2D eigenvalue weighted by Crippen LogP contribution is 2.29. The molecule has 2 aromatic heterocycles. The summed E-state index contributed by atoms with van der Waals surface area (Å²) in [6.45, 7) is 3.12. The molecule has 0 aliphatic carbocycles. The first-order valence-corrected chi connectivity index (χ1v) is 7.24. The number of aromatic nitrogens is 3. The van der Waals surface area contributed by atoms with Gasteiger partial charge in [-0.25, -0.2) is 9.97 Å². The summed E-state index contributed by atoms with van der Waals surface area (Å²) < 4.78 is 5.95. The third kappa shape index (κ3) is 3.26. The number of nitrogens with zero attached hydrogens (tertiary/aromatic N) is 3. The van der Waals surface area contributed by atoms with Gasteiger partial charge in [0.1, 0.15) is 11.5 Å². The standard InChI is InChI=1S/C13H14BrClN4O/c1-3-16-12-10(14)9(7-20-2)18-13(19-12)11-8(15)5-4-6-17-11/h4-6H,3,7H2,1-2H3,(H,16,18,19). The molecule has 0 radical (unpaired) electrons. The first kappa shape index (κ1) is 15.2. The van der Waals surface area contributed by atoms with Crippen molar-refractivity contribution in [2.45, 2.75) is 13.5 Å². The van der Waals surface area contributed by atoms with Gasteiger partial charge >= 0.3 is 0 Å². The molecule has 2 aromatic rings.